The Balaban J connectivity index is 1.85. The summed E-state index contributed by atoms with van der Waals surface area (Å²) in [4.78, 5) is 30.4. The number of rotatable bonds is 9. The summed E-state index contributed by atoms with van der Waals surface area (Å²) < 4.78 is 2.86. The molecule has 0 spiro atoms. The predicted molar refractivity (Wildman–Crippen MR) is 131 cm³/mol. The molecule has 0 radical (unpaired) electrons. The lowest BCUT2D eigenvalue weighted by Crippen LogP contribution is -2.46. The van der Waals surface area contributed by atoms with E-state index < -0.39 is 0 Å². The van der Waals surface area contributed by atoms with Gasteiger partial charge in [0.15, 0.2) is 0 Å². The van der Waals surface area contributed by atoms with E-state index in [1.807, 2.05) is 91.2 Å². The van der Waals surface area contributed by atoms with Crippen LogP contribution in [0.5, 0.6) is 0 Å². The third-order valence-corrected chi connectivity index (χ3v) is 6.23. The second-order valence-corrected chi connectivity index (χ2v) is 8.96. The van der Waals surface area contributed by atoms with E-state index in [0.717, 1.165) is 22.2 Å². The summed E-state index contributed by atoms with van der Waals surface area (Å²) in [5, 5.41) is 0. The lowest BCUT2D eigenvalue weighted by atomic mass is 10.1. The first-order valence-corrected chi connectivity index (χ1v) is 11.7. The van der Waals surface area contributed by atoms with Crippen LogP contribution >= 0.6 is 15.9 Å². The van der Waals surface area contributed by atoms with Gasteiger partial charge in [0, 0.05) is 41.6 Å². The minimum atomic E-state index is -0.132. The van der Waals surface area contributed by atoms with Crippen LogP contribution in [0.2, 0.25) is 0 Å². The molecule has 1 heterocycles. The molecule has 1 aromatic heterocycles. The molecular formula is C26H30BrN3O2. The Morgan fingerprint density at radius 1 is 1.00 bits per heavy atom. The summed E-state index contributed by atoms with van der Waals surface area (Å²) in [7, 11) is 1.97. The Morgan fingerprint density at radius 3 is 2.38 bits per heavy atom. The minimum Gasteiger partial charge on any atom is -0.353 e. The highest BCUT2D eigenvalue weighted by Crippen LogP contribution is 2.17. The molecule has 0 saturated carbocycles. The van der Waals surface area contributed by atoms with Gasteiger partial charge in [-0.1, -0.05) is 59.3 Å². The second-order valence-electron chi connectivity index (χ2n) is 8.05. The zero-order valence-corrected chi connectivity index (χ0v) is 20.5. The molecule has 0 N–H and O–H groups in total. The first kappa shape index (κ1) is 23.8. The highest BCUT2D eigenvalue weighted by molar-refractivity contribution is 9.10. The number of hydrogen-bond donors (Lipinski definition) is 0. The molecule has 2 amide bonds. The van der Waals surface area contributed by atoms with Crippen LogP contribution in [0, 0.1) is 0 Å². The molecule has 0 fully saturated rings. The van der Waals surface area contributed by atoms with Crippen molar-refractivity contribution in [1.82, 2.24) is 14.4 Å². The SMILES string of the molecule is CCC(C)N(CC(=O)N(Cc1ccccc1)Cc1cccn1C)C(=O)c1cccc(Br)c1. The Hall–Kier alpha value is -2.86. The monoisotopic (exact) mass is 495 g/mol. The van der Waals surface area contributed by atoms with Gasteiger partial charge >= 0.3 is 0 Å². The maximum atomic E-state index is 13.5. The van der Waals surface area contributed by atoms with Crippen LogP contribution in [-0.4, -0.2) is 38.8 Å². The quantitative estimate of drug-likeness (QED) is 0.406. The number of amides is 2. The Morgan fingerprint density at radius 2 is 1.75 bits per heavy atom. The number of aryl methyl sites for hydroxylation is 1. The summed E-state index contributed by atoms with van der Waals surface area (Å²) >= 11 is 3.44. The van der Waals surface area contributed by atoms with Crippen molar-refractivity contribution in [1.29, 1.82) is 0 Å². The van der Waals surface area contributed by atoms with E-state index in [1.54, 1.807) is 17.0 Å². The van der Waals surface area contributed by atoms with Gasteiger partial charge in [0.05, 0.1) is 6.54 Å². The summed E-state index contributed by atoms with van der Waals surface area (Å²) in [6.45, 7) is 5.03. The van der Waals surface area contributed by atoms with Crippen LogP contribution in [-0.2, 0) is 24.9 Å². The molecule has 6 heteroatoms. The van der Waals surface area contributed by atoms with Crippen molar-refractivity contribution in [3.8, 4) is 0 Å². The molecule has 168 valence electrons. The zero-order valence-electron chi connectivity index (χ0n) is 18.9. The number of benzene rings is 2. The standard InChI is InChI=1S/C26H30BrN3O2/c1-4-20(2)30(26(32)22-12-8-13-23(27)16-22)19-25(31)29(17-21-10-6-5-7-11-21)18-24-14-9-15-28(24)3/h5-16,20H,4,17-19H2,1-3H3. The lowest BCUT2D eigenvalue weighted by molar-refractivity contribution is -0.133. The molecule has 5 nitrogen and oxygen atoms in total. The van der Waals surface area contributed by atoms with Crippen LogP contribution < -0.4 is 0 Å². The van der Waals surface area contributed by atoms with Crippen molar-refractivity contribution in [2.45, 2.75) is 39.4 Å². The van der Waals surface area contributed by atoms with Gasteiger partial charge in [-0.05, 0) is 49.2 Å². The molecule has 0 aliphatic rings. The average Bonchev–Trinajstić information content (AvgIpc) is 3.20. The molecule has 1 atom stereocenters. The number of carbonyl (C=O) groups is 2. The number of carbonyl (C=O) groups excluding carboxylic acids is 2. The number of hydrogen-bond acceptors (Lipinski definition) is 2. The van der Waals surface area contributed by atoms with Gasteiger partial charge < -0.3 is 14.4 Å². The van der Waals surface area contributed by atoms with Crippen LogP contribution in [0.1, 0.15) is 41.9 Å². The van der Waals surface area contributed by atoms with Crippen LogP contribution in [0.15, 0.2) is 77.4 Å². The zero-order chi connectivity index (χ0) is 23.1. The normalized spacial score (nSPS) is 11.8. The van der Waals surface area contributed by atoms with Crippen molar-refractivity contribution in [3.63, 3.8) is 0 Å². The molecule has 0 aliphatic carbocycles. The molecular weight excluding hydrogens is 466 g/mol. The van der Waals surface area contributed by atoms with E-state index >= 15 is 0 Å². The molecule has 3 aromatic rings. The minimum absolute atomic E-state index is 0.0393. The Kier molecular flexibility index (Phi) is 8.28. The Bertz CT molecular complexity index is 1050. The predicted octanol–water partition coefficient (Wildman–Crippen LogP) is 5.26. The van der Waals surface area contributed by atoms with Crippen molar-refractivity contribution in [2.24, 2.45) is 7.05 Å². The van der Waals surface area contributed by atoms with Crippen molar-refractivity contribution in [3.05, 3.63) is 94.2 Å². The van der Waals surface area contributed by atoms with Crippen molar-refractivity contribution in [2.75, 3.05) is 6.54 Å². The summed E-state index contributed by atoms with van der Waals surface area (Å²) in [6.07, 6.45) is 2.74. The van der Waals surface area contributed by atoms with Crippen molar-refractivity contribution < 1.29 is 9.59 Å². The van der Waals surface area contributed by atoms with E-state index in [-0.39, 0.29) is 24.4 Å². The van der Waals surface area contributed by atoms with E-state index in [9.17, 15) is 9.59 Å². The van der Waals surface area contributed by atoms with Crippen LogP contribution in [0.4, 0.5) is 0 Å². The fourth-order valence-corrected chi connectivity index (χ4v) is 3.97. The van der Waals surface area contributed by atoms with Gasteiger partial charge in [-0.3, -0.25) is 9.59 Å². The largest absolute Gasteiger partial charge is 0.353 e. The molecule has 32 heavy (non-hydrogen) atoms. The van der Waals surface area contributed by atoms with Gasteiger partial charge in [0.2, 0.25) is 5.91 Å². The fraction of sp³-hybridized carbons (Fsp3) is 0.308. The maximum Gasteiger partial charge on any atom is 0.254 e. The second kappa shape index (κ2) is 11.1. The van der Waals surface area contributed by atoms with Crippen molar-refractivity contribution >= 4 is 27.7 Å². The molecule has 0 bridgehead atoms. The first-order valence-electron chi connectivity index (χ1n) is 10.9. The Labute approximate surface area is 198 Å². The molecule has 0 aliphatic heterocycles. The van der Waals surface area contributed by atoms with E-state index in [2.05, 4.69) is 15.9 Å². The molecule has 1 unspecified atom stereocenters. The van der Waals surface area contributed by atoms with E-state index in [0.29, 0.717) is 18.7 Å². The van der Waals surface area contributed by atoms with Gasteiger partial charge in [-0.2, -0.15) is 0 Å². The van der Waals surface area contributed by atoms with Crippen LogP contribution in [0.3, 0.4) is 0 Å². The van der Waals surface area contributed by atoms with E-state index in [4.69, 9.17) is 0 Å². The summed E-state index contributed by atoms with van der Waals surface area (Å²) in [5.41, 5.74) is 2.68. The molecule has 0 saturated heterocycles. The lowest BCUT2D eigenvalue weighted by Gasteiger charge is -2.31. The first-order chi connectivity index (χ1) is 15.4. The van der Waals surface area contributed by atoms with Gasteiger partial charge in [0.25, 0.3) is 5.91 Å². The topological polar surface area (TPSA) is 45.6 Å². The van der Waals surface area contributed by atoms with E-state index in [1.165, 1.54) is 0 Å². The third kappa shape index (κ3) is 6.10. The van der Waals surface area contributed by atoms with Gasteiger partial charge in [0.1, 0.15) is 6.54 Å². The molecule has 3 rings (SSSR count). The highest BCUT2D eigenvalue weighted by atomic mass is 79.9. The maximum absolute atomic E-state index is 13.5. The van der Waals surface area contributed by atoms with Crippen LogP contribution in [0.25, 0.3) is 0 Å². The smallest absolute Gasteiger partial charge is 0.254 e. The third-order valence-electron chi connectivity index (χ3n) is 5.73. The molecule has 2 aromatic carbocycles. The number of nitrogens with zero attached hydrogens (tertiary/aromatic N) is 3. The highest BCUT2D eigenvalue weighted by Gasteiger charge is 2.26. The summed E-state index contributed by atoms with van der Waals surface area (Å²) in [5.74, 6) is -0.203. The fourth-order valence-electron chi connectivity index (χ4n) is 3.57. The number of aromatic nitrogens is 1. The average molecular weight is 496 g/mol. The summed E-state index contributed by atoms with van der Waals surface area (Å²) in [6, 6.07) is 21.2. The van der Waals surface area contributed by atoms with Gasteiger partial charge in [-0.25, -0.2) is 0 Å². The number of halogens is 1. The van der Waals surface area contributed by atoms with Gasteiger partial charge in [-0.15, -0.1) is 0 Å².